The fraction of sp³-hybridized carbons (Fsp3) is 0.0556. The van der Waals surface area contributed by atoms with Gasteiger partial charge in [0.1, 0.15) is 22.5 Å². The lowest BCUT2D eigenvalue weighted by Gasteiger charge is -1.98. The van der Waals surface area contributed by atoms with Crippen molar-refractivity contribution in [3.63, 3.8) is 0 Å². The van der Waals surface area contributed by atoms with Gasteiger partial charge in [-0.25, -0.2) is 4.68 Å². The average molecular weight is 334 g/mol. The van der Waals surface area contributed by atoms with Gasteiger partial charge in [-0.2, -0.15) is 10.4 Å². The summed E-state index contributed by atoms with van der Waals surface area (Å²) < 4.78 is 7.41. The zero-order chi connectivity index (χ0) is 17.1. The number of furan rings is 1. The lowest BCUT2D eigenvalue weighted by atomic mass is 10.1. The molecular weight excluding hydrogens is 320 g/mol. The topological polar surface area (TPSA) is 80.8 Å². The normalized spacial score (nSPS) is 11.2. The van der Waals surface area contributed by atoms with Crippen molar-refractivity contribution in [2.45, 2.75) is 6.92 Å². The van der Waals surface area contributed by atoms with Crippen LogP contribution in [0, 0.1) is 18.3 Å². The second-order valence-electron chi connectivity index (χ2n) is 5.16. The summed E-state index contributed by atoms with van der Waals surface area (Å²) in [5, 5.41) is 13.8. The zero-order valence-corrected chi connectivity index (χ0v) is 13.7. The van der Waals surface area contributed by atoms with E-state index in [1.54, 1.807) is 10.8 Å². The molecule has 0 unspecified atom stereocenters. The molecule has 0 atom stereocenters. The van der Waals surface area contributed by atoms with Crippen molar-refractivity contribution < 1.29 is 4.42 Å². The molecule has 0 amide bonds. The maximum Gasteiger partial charge on any atom is 0.155 e. The van der Waals surface area contributed by atoms with Crippen LogP contribution in [-0.4, -0.2) is 14.8 Å². The first-order chi connectivity index (χ1) is 11.6. The monoisotopic (exact) mass is 334 g/mol. The largest absolute Gasteiger partial charge is 0.460 e. The molecule has 0 saturated carbocycles. The number of benzene rings is 1. The molecular formula is C18H14N4OS. The predicted molar refractivity (Wildman–Crippen MR) is 96.4 cm³/mol. The van der Waals surface area contributed by atoms with Gasteiger partial charge in [0.2, 0.25) is 0 Å². The van der Waals surface area contributed by atoms with Gasteiger partial charge in [0, 0.05) is 11.8 Å². The first kappa shape index (κ1) is 15.7. The van der Waals surface area contributed by atoms with Crippen molar-refractivity contribution in [2.75, 3.05) is 0 Å². The fourth-order valence-corrected chi connectivity index (χ4v) is 2.38. The molecule has 118 valence electrons. The zero-order valence-electron chi connectivity index (χ0n) is 12.9. The lowest BCUT2D eigenvalue weighted by Crippen LogP contribution is -2.09. The quantitative estimate of drug-likeness (QED) is 0.447. The number of hydrogen-bond donors (Lipinski definition) is 1. The number of nitrogens with two attached hydrogens (primary N) is 1. The van der Waals surface area contributed by atoms with Gasteiger partial charge in [0.15, 0.2) is 5.76 Å². The molecule has 6 heteroatoms. The van der Waals surface area contributed by atoms with Crippen LogP contribution < -0.4 is 5.73 Å². The van der Waals surface area contributed by atoms with E-state index in [9.17, 15) is 5.26 Å². The van der Waals surface area contributed by atoms with Crippen LogP contribution in [0.25, 0.3) is 23.2 Å². The molecule has 2 N–H and O–H groups in total. The third kappa shape index (κ3) is 3.12. The van der Waals surface area contributed by atoms with E-state index in [-0.39, 0.29) is 10.6 Å². The van der Waals surface area contributed by atoms with Crippen LogP contribution in [0.2, 0.25) is 0 Å². The fourth-order valence-electron chi connectivity index (χ4n) is 2.27. The molecule has 0 aliphatic rings. The van der Waals surface area contributed by atoms with Crippen LogP contribution in [0.4, 0.5) is 0 Å². The Kier molecular flexibility index (Phi) is 4.27. The van der Waals surface area contributed by atoms with Crippen molar-refractivity contribution in [3.05, 3.63) is 65.6 Å². The molecule has 24 heavy (non-hydrogen) atoms. The van der Waals surface area contributed by atoms with Crippen molar-refractivity contribution >= 4 is 23.3 Å². The van der Waals surface area contributed by atoms with E-state index in [4.69, 9.17) is 22.4 Å². The Morgan fingerprint density at radius 2 is 2.04 bits per heavy atom. The molecule has 0 saturated heterocycles. The number of aromatic nitrogens is 2. The first-order valence-corrected chi connectivity index (χ1v) is 7.63. The number of thiocarbonyl (C=S) groups is 1. The second-order valence-corrected chi connectivity index (χ2v) is 5.60. The molecule has 0 aliphatic carbocycles. The van der Waals surface area contributed by atoms with Crippen LogP contribution in [-0.2, 0) is 0 Å². The summed E-state index contributed by atoms with van der Waals surface area (Å²) in [6.07, 6.45) is 3.44. The molecule has 0 spiro atoms. The number of nitriles is 1. The summed E-state index contributed by atoms with van der Waals surface area (Å²) in [7, 11) is 0. The highest BCUT2D eigenvalue weighted by Crippen LogP contribution is 2.27. The first-order valence-electron chi connectivity index (χ1n) is 7.22. The predicted octanol–water partition coefficient (Wildman–Crippen LogP) is 3.63. The summed E-state index contributed by atoms with van der Waals surface area (Å²) >= 11 is 4.92. The molecule has 0 fully saturated rings. The summed E-state index contributed by atoms with van der Waals surface area (Å²) in [6, 6.07) is 15.4. The van der Waals surface area contributed by atoms with Crippen LogP contribution in [0.3, 0.4) is 0 Å². The maximum absolute atomic E-state index is 9.21. The molecule has 0 radical (unpaired) electrons. The van der Waals surface area contributed by atoms with E-state index < -0.39 is 0 Å². The van der Waals surface area contributed by atoms with Crippen LogP contribution >= 0.6 is 12.2 Å². The van der Waals surface area contributed by atoms with E-state index >= 15 is 0 Å². The Labute approximate surface area is 144 Å². The SMILES string of the molecule is Cc1ccc(-c2nn(-c3ccccc3)cc2/C=C(\C#N)C(N)=S)o1. The molecule has 2 heterocycles. The van der Waals surface area contributed by atoms with E-state index in [1.165, 1.54) is 0 Å². The molecule has 3 aromatic rings. The number of rotatable bonds is 4. The summed E-state index contributed by atoms with van der Waals surface area (Å²) in [5.74, 6) is 1.40. The number of para-hydroxylation sites is 1. The minimum atomic E-state index is 0.0477. The third-order valence-corrected chi connectivity index (χ3v) is 3.64. The van der Waals surface area contributed by atoms with E-state index in [0.29, 0.717) is 17.0 Å². The van der Waals surface area contributed by atoms with Gasteiger partial charge < -0.3 is 10.2 Å². The number of hydrogen-bond acceptors (Lipinski definition) is 4. The van der Waals surface area contributed by atoms with Crippen LogP contribution in [0.5, 0.6) is 0 Å². The van der Waals surface area contributed by atoms with E-state index in [0.717, 1.165) is 11.4 Å². The third-order valence-electron chi connectivity index (χ3n) is 3.42. The Hall–Kier alpha value is -3.17. The Morgan fingerprint density at radius 3 is 2.62 bits per heavy atom. The highest BCUT2D eigenvalue weighted by Gasteiger charge is 2.15. The van der Waals surface area contributed by atoms with Gasteiger partial charge in [-0.15, -0.1) is 0 Å². The van der Waals surface area contributed by atoms with Crippen molar-refractivity contribution in [1.29, 1.82) is 5.26 Å². The molecule has 0 aliphatic heterocycles. The lowest BCUT2D eigenvalue weighted by molar-refractivity contribution is 0.545. The van der Waals surface area contributed by atoms with Crippen molar-refractivity contribution in [2.24, 2.45) is 5.73 Å². The van der Waals surface area contributed by atoms with Crippen LogP contribution in [0.15, 0.2) is 58.7 Å². The maximum atomic E-state index is 9.21. The van der Waals surface area contributed by atoms with Gasteiger partial charge in [0.25, 0.3) is 0 Å². The number of aryl methyl sites for hydroxylation is 1. The standard InChI is InChI=1S/C18H14N4OS/c1-12-7-8-16(23-12)17-14(9-13(10-19)18(20)24)11-22(21-17)15-5-3-2-4-6-15/h2-9,11H,1H3,(H2,20,24)/b13-9+. The molecule has 2 aromatic heterocycles. The molecule has 5 nitrogen and oxygen atoms in total. The minimum absolute atomic E-state index is 0.0477. The molecule has 0 bridgehead atoms. The average Bonchev–Trinajstić information content (AvgIpc) is 3.19. The second kappa shape index (κ2) is 6.52. The Balaban J connectivity index is 2.17. The van der Waals surface area contributed by atoms with Gasteiger partial charge in [-0.3, -0.25) is 0 Å². The van der Waals surface area contributed by atoms with Gasteiger partial charge in [-0.05, 0) is 37.3 Å². The van der Waals surface area contributed by atoms with Crippen molar-refractivity contribution in [1.82, 2.24) is 9.78 Å². The summed E-state index contributed by atoms with van der Waals surface area (Å²) in [5.41, 5.74) is 8.05. The Bertz CT molecular complexity index is 961. The molecule has 1 aromatic carbocycles. The summed E-state index contributed by atoms with van der Waals surface area (Å²) in [4.78, 5) is 0.0477. The van der Waals surface area contributed by atoms with Gasteiger partial charge >= 0.3 is 0 Å². The van der Waals surface area contributed by atoms with Gasteiger partial charge in [0.05, 0.1) is 11.3 Å². The molecule has 3 rings (SSSR count). The summed E-state index contributed by atoms with van der Waals surface area (Å²) in [6.45, 7) is 1.86. The van der Waals surface area contributed by atoms with Crippen molar-refractivity contribution in [3.8, 4) is 23.2 Å². The van der Waals surface area contributed by atoms with Crippen LogP contribution in [0.1, 0.15) is 11.3 Å². The van der Waals surface area contributed by atoms with E-state index in [2.05, 4.69) is 5.10 Å². The van der Waals surface area contributed by atoms with Gasteiger partial charge in [-0.1, -0.05) is 30.4 Å². The minimum Gasteiger partial charge on any atom is -0.460 e. The highest BCUT2D eigenvalue weighted by molar-refractivity contribution is 7.80. The highest BCUT2D eigenvalue weighted by atomic mass is 32.1. The smallest absolute Gasteiger partial charge is 0.155 e. The number of nitrogens with zero attached hydrogens (tertiary/aromatic N) is 3. The Morgan fingerprint density at radius 1 is 1.29 bits per heavy atom. The van der Waals surface area contributed by atoms with E-state index in [1.807, 2.05) is 61.7 Å².